The molecule has 106 valence electrons. The minimum Gasteiger partial charge on any atom is -0.464 e. The second-order valence-electron chi connectivity index (χ2n) is 4.94. The molecule has 5 heteroatoms. The third-order valence-corrected chi connectivity index (χ3v) is 3.19. The van der Waals surface area contributed by atoms with Crippen LogP contribution in [0.25, 0.3) is 0 Å². The maximum Gasteiger partial charge on any atom is 0.331 e. The number of hydrogen-bond acceptors (Lipinski definition) is 4. The van der Waals surface area contributed by atoms with Crippen molar-refractivity contribution in [2.24, 2.45) is 5.92 Å². The van der Waals surface area contributed by atoms with E-state index in [0.717, 1.165) is 0 Å². The number of hydrogen-bond donors (Lipinski definition) is 1. The van der Waals surface area contributed by atoms with Crippen LogP contribution in [0, 0.1) is 12.8 Å². The molecule has 0 fully saturated rings. The Bertz CT molecular complexity index is 464. The first-order chi connectivity index (χ1) is 8.81. The number of carbonyl (C=O) groups excluding carboxylic acids is 2. The molecule has 1 amide bonds. The molecule has 1 aromatic heterocycles. The summed E-state index contributed by atoms with van der Waals surface area (Å²) in [7, 11) is 0. The number of nitrogens with one attached hydrogen (secondary N) is 1. The molecule has 1 aromatic rings. The Morgan fingerprint density at radius 2 is 2.05 bits per heavy atom. The first-order valence-corrected chi connectivity index (χ1v) is 6.37. The third kappa shape index (κ3) is 3.36. The van der Waals surface area contributed by atoms with E-state index in [9.17, 15) is 9.59 Å². The molecular weight excluding hydrogens is 246 g/mol. The van der Waals surface area contributed by atoms with Gasteiger partial charge in [0.2, 0.25) is 0 Å². The standard InChI is InChI=1S/C14H21NO4/c1-6-18-13(17)14(5,9(2)3)15-12(16)11-8-7-10(4)19-11/h7-9H,6H2,1-5H3,(H,15,16)/t14-/m0/s1. The molecule has 1 atom stereocenters. The van der Waals surface area contributed by atoms with Crippen molar-refractivity contribution in [2.75, 3.05) is 6.61 Å². The van der Waals surface area contributed by atoms with Gasteiger partial charge >= 0.3 is 5.97 Å². The highest BCUT2D eigenvalue weighted by atomic mass is 16.5. The topological polar surface area (TPSA) is 68.5 Å². The van der Waals surface area contributed by atoms with E-state index in [4.69, 9.17) is 9.15 Å². The number of aryl methyl sites for hydroxylation is 1. The first kappa shape index (κ1) is 15.3. The van der Waals surface area contributed by atoms with Gasteiger partial charge in [-0.15, -0.1) is 0 Å². The van der Waals surface area contributed by atoms with E-state index in [1.165, 1.54) is 0 Å². The van der Waals surface area contributed by atoms with Crippen LogP contribution in [0.5, 0.6) is 0 Å². The second-order valence-corrected chi connectivity index (χ2v) is 4.94. The van der Waals surface area contributed by atoms with Gasteiger partial charge in [-0.1, -0.05) is 13.8 Å². The van der Waals surface area contributed by atoms with Gasteiger partial charge in [-0.3, -0.25) is 4.79 Å². The summed E-state index contributed by atoms with van der Waals surface area (Å²) in [4.78, 5) is 24.1. The highest BCUT2D eigenvalue weighted by molar-refractivity contribution is 5.96. The third-order valence-electron chi connectivity index (χ3n) is 3.19. The Morgan fingerprint density at radius 1 is 1.42 bits per heavy atom. The summed E-state index contributed by atoms with van der Waals surface area (Å²) in [5, 5.41) is 2.70. The van der Waals surface area contributed by atoms with Crippen LogP contribution in [0.3, 0.4) is 0 Å². The van der Waals surface area contributed by atoms with E-state index in [-0.39, 0.29) is 18.3 Å². The summed E-state index contributed by atoms with van der Waals surface area (Å²) in [6.45, 7) is 9.12. The molecule has 0 aliphatic carbocycles. The Kier molecular flexibility index (Phi) is 4.75. The lowest BCUT2D eigenvalue weighted by Crippen LogP contribution is -2.56. The number of furan rings is 1. The minimum atomic E-state index is -1.08. The highest BCUT2D eigenvalue weighted by Crippen LogP contribution is 2.20. The molecule has 19 heavy (non-hydrogen) atoms. The molecule has 0 aromatic carbocycles. The summed E-state index contributed by atoms with van der Waals surface area (Å²) in [6.07, 6.45) is 0. The minimum absolute atomic E-state index is 0.105. The van der Waals surface area contributed by atoms with Crippen molar-refractivity contribution in [3.63, 3.8) is 0 Å². The van der Waals surface area contributed by atoms with E-state index >= 15 is 0 Å². The molecule has 0 aliphatic rings. The fourth-order valence-corrected chi connectivity index (χ4v) is 1.57. The van der Waals surface area contributed by atoms with Crippen LogP contribution < -0.4 is 5.32 Å². The molecule has 0 spiro atoms. The van der Waals surface area contributed by atoms with Gasteiger partial charge in [0.1, 0.15) is 11.3 Å². The Balaban J connectivity index is 2.90. The van der Waals surface area contributed by atoms with Crippen LogP contribution >= 0.6 is 0 Å². The fraction of sp³-hybridized carbons (Fsp3) is 0.571. The smallest absolute Gasteiger partial charge is 0.331 e. The molecule has 0 radical (unpaired) electrons. The van der Waals surface area contributed by atoms with E-state index in [2.05, 4.69) is 5.32 Å². The zero-order valence-electron chi connectivity index (χ0n) is 12.1. The van der Waals surface area contributed by atoms with Crippen LogP contribution in [0.15, 0.2) is 16.5 Å². The molecule has 0 saturated carbocycles. The quantitative estimate of drug-likeness (QED) is 0.831. The summed E-state index contributed by atoms with van der Waals surface area (Å²) in [5.74, 6) is -0.133. The zero-order valence-corrected chi connectivity index (χ0v) is 12.1. The molecule has 0 bridgehead atoms. The average Bonchev–Trinajstić information content (AvgIpc) is 2.75. The van der Waals surface area contributed by atoms with Gasteiger partial charge in [-0.25, -0.2) is 4.79 Å². The van der Waals surface area contributed by atoms with Crippen molar-refractivity contribution >= 4 is 11.9 Å². The molecule has 0 unspecified atom stereocenters. The van der Waals surface area contributed by atoms with Crippen LogP contribution in [-0.2, 0) is 9.53 Å². The van der Waals surface area contributed by atoms with E-state index in [1.807, 2.05) is 13.8 Å². The number of carbonyl (C=O) groups is 2. The van der Waals surface area contributed by atoms with Gasteiger partial charge < -0.3 is 14.5 Å². The summed E-state index contributed by atoms with van der Waals surface area (Å²) < 4.78 is 10.3. The number of amides is 1. The maximum absolute atomic E-state index is 12.1. The van der Waals surface area contributed by atoms with Gasteiger partial charge in [0.05, 0.1) is 6.61 Å². The lowest BCUT2D eigenvalue weighted by molar-refractivity contribution is -0.152. The molecule has 0 saturated heterocycles. The lowest BCUT2D eigenvalue weighted by Gasteiger charge is -2.31. The van der Waals surface area contributed by atoms with Crippen molar-refractivity contribution < 1.29 is 18.7 Å². The maximum atomic E-state index is 12.1. The van der Waals surface area contributed by atoms with Crippen molar-refractivity contribution in [1.82, 2.24) is 5.32 Å². The van der Waals surface area contributed by atoms with Gasteiger partial charge in [0, 0.05) is 0 Å². The predicted octanol–water partition coefficient (Wildman–Crippen LogP) is 2.30. The fourth-order valence-electron chi connectivity index (χ4n) is 1.57. The molecule has 1 N–H and O–H groups in total. The number of rotatable bonds is 5. The normalized spacial score (nSPS) is 14.0. The zero-order chi connectivity index (χ0) is 14.6. The van der Waals surface area contributed by atoms with Gasteiger partial charge in [0.25, 0.3) is 5.91 Å². The van der Waals surface area contributed by atoms with Crippen LogP contribution in [0.1, 0.15) is 44.0 Å². The van der Waals surface area contributed by atoms with E-state index in [1.54, 1.807) is 32.9 Å². The van der Waals surface area contributed by atoms with E-state index in [0.29, 0.717) is 5.76 Å². The average molecular weight is 267 g/mol. The van der Waals surface area contributed by atoms with Crippen molar-refractivity contribution in [3.05, 3.63) is 23.7 Å². The Labute approximate surface area is 113 Å². The second kappa shape index (κ2) is 5.91. The molecule has 0 aliphatic heterocycles. The van der Waals surface area contributed by atoms with Crippen LogP contribution in [-0.4, -0.2) is 24.0 Å². The van der Waals surface area contributed by atoms with E-state index < -0.39 is 17.4 Å². The summed E-state index contributed by atoms with van der Waals surface area (Å²) in [5.41, 5.74) is -1.08. The van der Waals surface area contributed by atoms with Gasteiger partial charge in [-0.2, -0.15) is 0 Å². The molecule has 1 rings (SSSR count). The van der Waals surface area contributed by atoms with Crippen LogP contribution in [0.2, 0.25) is 0 Å². The SMILES string of the molecule is CCOC(=O)[C@@](C)(NC(=O)c1ccc(C)o1)C(C)C. The van der Waals surface area contributed by atoms with Gasteiger partial charge in [-0.05, 0) is 38.8 Å². The molecule has 1 heterocycles. The number of esters is 1. The predicted molar refractivity (Wildman–Crippen MR) is 70.8 cm³/mol. The van der Waals surface area contributed by atoms with Gasteiger partial charge in [0.15, 0.2) is 5.76 Å². The highest BCUT2D eigenvalue weighted by Gasteiger charge is 2.40. The molecule has 5 nitrogen and oxygen atoms in total. The summed E-state index contributed by atoms with van der Waals surface area (Å²) >= 11 is 0. The largest absolute Gasteiger partial charge is 0.464 e. The lowest BCUT2D eigenvalue weighted by atomic mass is 9.88. The Hall–Kier alpha value is -1.78. The van der Waals surface area contributed by atoms with Crippen molar-refractivity contribution in [2.45, 2.75) is 40.2 Å². The monoisotopic (exact) mass is 267 g/mol. The summed E-state index contributed by atoms with van der Waals surface area (Å²) in [6, 6.07) is 3.28. The molecular formula is C14H21NO4. The van der Waals surface area contributed by atoms with Crippen molar-refractivity contribution in [1.29, 1.82) is 0 Å². The Morgan fingerprint density at radius 3 is 2.47 bits per heavy atom. The first-order valence-electron chi connectivity index (χ1n) is 6.37. The van der Waals surface area contributed by atoms with Crippen molar-refractivity contribution in [3.8, 4) is 0 Å². The van der Waals surface area contributed by atoms with Crippen LogP contribution in [0.4, 0.5) is 0 Å². The number of ether oxygens (including phenoxy) is 1.